The van der Waals surface area contributed by atoms with Crippen LogP contribution in [-0.4, -0.2) is 31.5 Å². The van der Waals surface area contributed by atoms with E-state index in [9.17, 15) is 14.4 Å². The summed E-state index contributed by atoms with van der Waals surface area (Å²) in [6.07, 6.45) is 0. The Kier molecular flexibility index (Phi) is 6.54. The van der Waals surface area contributed by atoms with Gasteiger partial charge in [0.1, 0.15) is 10.6 Å². The van der Waals surface area contributed by atoms with Crippen LogP contribution in [0.5, 0.6) is 5.75 Å². The van der Waals surface area contributed by atoms with Gasteiger partial charge in [-0.1, -0.05) is 0 Å². The summed E-state index contributed by atoms with van der Waals surface area (Å²) in [4.78, 5) is 35.4. The second kappa shape index (κ2) is 8.63. The summed E-state index contributed by atoms with van der Waals surface area (Å²) in [5.74, 6) is -0.929. The summed E-state index contributed by atoms with van der Waals surface area (Å²) in [6, 6.07) is 8.13. The molecule has 0 unspecified atom stereocenters. The number of carbonyl (C=O) groups excluding carboxylic acids is 3. The van der Waals surface area contributed by atoms with Crippen LogP contribution in [0.4, 0.5) is 11.4 Å². The average molecular weight is 427 g/mol. The molecule has 0 fully saturated rings. The molecule has 132 valence electrons. The van der Waals surface area contributed by atoms with Gasteiger partial charge in [-0.3, -0.25) is 9.59 Å². The van der Waals surface area contributed by atoms with Crippen molar-refractivity contribution in [2.24, 2.45) is 0 Å². The Morgan fingerprint density at radius 2 is 1.92 bits per heavy atom. The first kappa shape index (κ1) is 18.9. The van der Waals surface area contributed by atoms with Crippen molar-refractivity contribution in [1.82, 2.24) is 0 Å². The maximum Gasteiger partial charge on any atom is 0.348 e. The molecule has 25 heavy (non-hydrogen) atoms. The zero-order valence-corrected chi connectivity index (χ0v) is 15.8. The molecule has 0 radical (unpaired) electrons. The van der Waals surface area contributed by atoms with Gasteiger partial charge in [0.05, 0.1) is 16.6 Å². The maximum atomic E-state index is 12.0. The Morgan fingerprint density at radius 3 is 2.52 bits per heavy atom. The van der Waals surface area contributed by atoms with Gasteiger partial charge in [-0.2, -0.15) is 0 Å². The Bertz CT molecular complexity index is 806. The number of hydrogen-bond acceptors (Lipinski definition) is 6. The highest BCUT2D eigenvalue weighted by molar-refractivity contribution is 9.11. The molecule has 0 saturated carbocycles. The van der Waals surface area contributed by atoms with Gasteiger partial charge in [0.2, 0.25) is 5.91 Å². The molecule has 0 saturated heterocycles. The molecular weight excluding hydrogens is 412 g/mol. The summed E-state index contributed by atoms with van der Waals surface area (Å²) in [5.41, 5.74) is 0.859. The van der Waals surface area contributed by atoms with E-state index < -0.39 is 18.5 Å². The van der Waals surface area contributed by atoms with Gasteiger partial charge < -0.3 is 20.1 Å². The molecule has 0 bridgehead atoms. The third-order valence-corrected chi connectivity index (χ3v) is 4.51. The number of halogens is 1. The molecule has 0 spiro atoms. The lowest BCUT2D eigenvalue weighted by Gasteiger charge is -2.12. The largest absolute Gasteiger partial charge is 0.495 e. The first-order valence-corrected chi connectivity index (χ1v) is 8.68. The fourth-order valence-electron chi connectivity index (χ4n) is 1.90. The van der Waals surface area contributed by atoms with Crippen LogP contribution in [0.15, 0.2) is 34.1 Å². The van der Waals surface area contributed by atoms with Crippen LogP contribution in [0.1, 0.15) is 16.6 Å². The van der Waals surface area contributed by atoms with E-state index >= 15 is 0 Å². The van der Waals surface area contributed by atoms with Gasteiger partial charge in [-0.05, 0) is 46.3 Å². The Balaban J connectivity index is 1.99. The predicted octanol–water partition coefficient (Wildman–Crippen LogP) is 3.27. The van der Waals surface area contributed by atoms with Gasteiger partial charge >= 0.3 is 5.97 Å². The van der Waals surface area contributed by atoms with Gasteiger partial charge in [-0.25, -0.2) is 4.79 Å². The molecule has 0 atom stereocenters. The third-order valence-electron chi connectivity index (χ3n) is 2.90. The minimum atomic E-state index is -0.579. The molecule has 1 aromatic heterocycles. The van der Waals surface area contributed by atoms with Crippen molar-refractivity contribution >= 4 is 56.4 Å². The highest BCUT2D eigenvalue weighted by Gasteiger charge is 2.14. The number of rotatable bonds is 6. The number of benzene rings is 1. The fraction of sp³-hybridized carbons (Fsp3) is 0.188. The van der Waals surface area contributed by atoms with Crippen molar-refractivity contribution in [3.8, 4) is 5.75 Å². The Hall–Kier alpha value is -2.39. The average Bonchev–Trinajstić information content (AvgIpc) is 2.99. The zero-order chi connectivity index (χ0) is 18.4. The van der Waals surface area contributed by atoms with Gasteiger partial charge in [0.15, 0.2) is 6.61 Å². The number of hydrogen-bond donors (Lipinski definition) is 2. The first-order chi connectivity index (χ1) is 11.9. The lowest BCUT2D eigenvalue weighted by molar-refractivity contribution is -0.119. The molecule has 9 heteroatoms. The summed E-state index contributed by atoms with van der Waals surface area (Å²) in [6.45, 7) is 0.937. The quantitative estimate of drug-likeness (QED) is 0.691. The second-order valence-electron chi connectivity index (χ2n) is 4.82. The maximum absolute atomic E-state index is 12.0. The summed E-state index contributed by atoms with van der Waals surface area (Å²) < 4.78 is 10.9. The number of carbonyl (C=O) groups is 3. The minimum absolute atomic E-state index is 0.238. The third kappa shape index (κ3) is 5.57. The smallest absolute Gasteiger partial charge is 0.348 e. The van der Waals surface area contributed by atoms with Crippen molar-refractivity contribution in [3.63, 3.8) is 0 Å². The minimum Gasteiger partial charge on any atom is -0.495 e. The van der Waals surface area contributed by atoms with E-state index in [1.807, 2.05) is 0 Å². The summed E-state index contributed by atoms with van der Waals surface area (Å²) >= 11 is 4.47. The van der Waals surface area contributed by atoms with E-state index in [-0.39, 0.29) is 5.91 Å². The van der Waals surface area contributed by atoms with Crippen molar-refractivity contribution < 1.29 is 23.9 Å². The Labute approximate surface area is 156 Å². The zero-order valence-electron chi connectivity index (χ0n) is 13.4. The van der Waals surface area contributed by atoms with Crippen molar-refractivity contribution in [2.45, 2.75) is 6.92 Å². The van der Waals surface area contributed by atoms with Crippen LogP contribution in [0.2, 0.25) is 0 Å². The van der Waals surface area contributed by atoms with Gasteiger partial charge in [0, 0.05) is 12.6 Å². The molecule has 2 rings (SSSR count). The number of nitrogens with one attached hydrogen (secondary N) is 2. The van der Waals surface area contributed by atoms with Gasteiger partial charge in [-0.15, -0.1) is 11.3 Å². The molecule has 2 aromatic rings. The van der Waals surface area contributed by atoms with Crippen LogP contribution < -0.4 is 15.4 Å². The molecule has 1 heterocycles. The molecule has 0 aliphatic carbocycles. The summed E-state index contributed by atoms with van der Waals surface area (Å²) in [7, 11) is 1.46. The monoisotopic (exact) mass is 426 g/mol. The number of ether oxygens (including phenoxy) is 2. The topological polar surface area (TPSA) is 93.7 Å². The lowest BCUT2D eigenvalue weighted by Crippen LogP contribution is -2.21. The van der Waals surface area contributed by atoms with E-state index in [1.54, 1.807) is 30.3 Å². The molecule has 7 nitrogen and oxygen atoms in total. The number of anilines is 2. The van der Waals surface area contributed by atoms with Crippen molar-refractivity contribution in [1.29, 1.82) is 0 Å². The molecule has 2 amide bonds. The highest BCUT2D eigenvalue weighted by Crippen LogP contribution is 2.28. The standard InChI is InChI=1S/C16H15BrN2O5S/c1-9(20)18-10-3-4-12(23-2)11(7-10)19-15(21)8-24-16(22)13-5-6-14(17)25-13/h3-7H,8H2,1-2H3,(H,18,20)(H,19,21). The van der Waals surface area contributed by atoms with Crippen LogP contribution >= 0.6 is 27.3 Å². The van der Waals surface area contributed by atoms with Crippen molar-refractivity contribution in [2.75, 3.05) is 24.4 Å². The fourth-order valence-corrected chi connectivity index (χ4v) is 3.18. The lowest BCUT2D eigenvalue weighted by atomic mass is 10.2. The molecule has 2 N–H and O–H groups in total. The number of thiophene rings is 1. The second-order valence-corrected chi connectivity index (χ2v) is 7.29. The number of amides is 2. The van der Waals surface area contributed by atoms with E-state index in [1.165, 1.54) is 25.4 Å². The molecular formula is C16H15BrN2O5S. The normalized spacial score (nSPS) is 10.0. The van der Waals surface area contributed by atoms with Crippen LogP contribution in [0.3, 0.4) is 0 Å². The molecule has 0 aliphatic rings. The first-order valence-electron chi connectivity index (χ1n) is 7.07. The van der Waals surface area contributed by atoms with E-state index in [4.69, 9.17) is 9.47 Å². The van der Waals surface area contributed by atoms with E-state index in [0.717, 1.165) is 3.79 Å². The van der Waals surface area contributed by atoms with E-state index in [0.29, 0.717) is 22.0 Å². The SMILES string of the molecule is COc1ccc(NC(C)=O)cc1NC(=O)COC(=O)c1ccc(Br)s1. The Morgan fingerprint density at radius 1 is 1.16 bits per heavy atom. The molecule has 1 aromatic carbocycles. The van der Waals surface area contributed by atoms with Crippen LogP contribution in [0, 0.1) is 0 Å². The predicted molar refractivity (Wildman–Crippen MR) is 98.2 cm³/mol. The highest BCUT2D eigenvalue weighted by atomic mass is 79.9. The number of methoxy groups -OCH3 is 1. The number of esters is 1. The van der Waals surface area contributed by atoms with Gasteiger partial charge in [0.25, 0.3) is 5.91 Å². The van der Waals surface area contributed by atoms with Crippen LogP contribution in [-0.2, 0) is 14.3 Å². The van der Waals surface area contributed by atoms with Crippen LogP contribution in [0.25, 0.3) is 0 Å². The van der Waals surface area contributed by atoms with Crippen molar-refractivity contribution in [3.05, 3.63) is 39.0 Å². The summed E-state index contributed by atoms with van der Waals surface area (Å²) in [5, 5.41) is 5.20. The molecule has 0 aliphatic heterocycles. The van der Waals surface area contributed by atoms with E-state index in [2.05, 4.69) is 26.6 Å².